The number of rotatable bonds is 1. The van der Waals surface area contributed by atoms with Crippen molar-refractivity contribution in [1.82, 2.24) is 4.98 Å². The van der Waals surface area contributed by atoms with Crippen LogP contribution in [0, 0.1) is 6.92 Å². The lowest BCUT2D eigenvalue weighted by Gasteiger charge is -2.23. The van der Waals surface area contributed by atoms with E-state index >= 15 is 0 Å². The molecule has 0 radical (unpaired) electrons. The van der Waals surface area contributed by atoms with Crippen molar-refractivity contribution in [2.24, 2.45) is 0 Å². The Labute approximate surface area is 177 Å². The number of fused-ring (bicyclic) bond motifs is 6. The van der Waals surface area contributed by atoms with Crippen molar-refractivity contribution in [2.45, 2.75) is 26.2 Å². The van der Waals surface area contributed by atoms with E-state index < -0.39 is 0 Å². The molecule has 5 aromatic rings. The first kappa shape index (κ1) is 17.4. The van der Waals surface area contributed by atoms with E-state index in [1.165, 1.54) is 49.5 Å². The van der Waals surface area contributed by atoms with E-state index in [1.54, 1.807) is 0 Å². The Hall–Kier alpha value is -3.45. The van der Waals surface area contributed by atoms with E-state index in [4.69, 9.17) is 4.98 Å². The van der Waals surface area contributed by atoms with Crippen LogP contribution in [-0.2, 0) is 5.41 Å². The van der Waals surface area contributed by atoms with Crippen LogP contribution in [0.25, 0.3) is 44.1 Å². The number of aryl methyl sites for hydroxylation is 1. The first-order chi connectivity index (χ1) is 14.6. The Balaban J connectivity index is 1.80. The van der Waals surface area contributed by atoms with Crippen LogP contribution in [0.15, 0.2) is 84.9 Å². The summed E-state index contributed by atoms with van der Waals surface area (Å²) >= 11 is 0. The van der Waals surface area contributed by atoms with Crippen molar-refractivity contribution in [3.05, 3.63) is 102 Å². The fourth-order valence-corrected chi connectivity index (χ4v) is 5.38. The monoisotopic (exact) mass is 385 g/mol. The SMILES string of the molecule is Cc1c(-c2nc3ccccc3c3c2-c2ccccc2C3(C)C)ccc2ccccc12. The van der Waals surface area contributed by atoms with Gasteiger partial charge in [-0.3, -0.25) is 0 Å². The molecule has 0 amide bonds. The second-order valence-electron chi connectivity index (χ2n) is 8.86. The van der Waals surface area contributed by atoms with Crippen LogP contribution >= 0.6 is 0 Å². The summed E-state index contributed by atoms with van der Waals surface area (Å²) in [5, 5.41) is 3.83. The highest BCUT2D eigenvalue weighted by molar-refractivity contribution is 6.03. The summed E-state index contributed by atoms with van der Waals surface area (Å²) in [5.74, 6) is 0. The first-order valence-electron chi connectivity index (χ1n) is 10.6. The molecule has 0 unspecified atom stereocenters. The summed E-state index contributed by atoms with van der Waals surface area (Å²) in [6.07, 6.45) is 0. The lowest BCUT2D eigenvalue weighted by Crippen LogP contribution is -2.15. The molecule has 0 atom stereocenters. The number of pyridine rings is 1. The molecule has 0 spiro atoms. The highest BCUT2D eigenvalue weighted by atomic mass is 14.7. The molecular formula is C29H23N. The van der Waals surface area contributed by atoms with Gasteiger partial charge in [-0.15, -0.1) is 0 Å². The van der Waals surface area contributed by atoms with Gasteiger partial charge in [0, 0.05) is 21.9 Å². The maximum atomic E-state index is 5.25. The van der Waals surface area contributed by atoms with Crippen LogP contribution in [-0.4, -0.2) is 4.98 Å². The average molecular weight is 386 g/mol. The summed E-state index contributed by atoms with van der Waals surface area (Å²) < 4.78 is 0. The zero-order valence-corrected chi connectivity index (χ0v) is 17.5. The molecule has 0 saturated carbocycles. The summed E-state index contributed by atoms with van der Waals surface area (Å²) in [6.45, 7) is 6.93. The predicted molar refractivity (Wildman–Crippen MR) is 127 cm³/mol. The van der Waals surface area contributed by atoms with Crippen LogP contribution in [0.5, 0.6) is 0 Å². The molecule has 1 aromatic heterocycles. The van der Waals surface area contributed by atoms with E-state index in [-0.39, 0.29) is 5.41 Å². The number of benzene rings is 4. The van der Waals surface area contributed by atoms with E-state index in [0.29, 0.717) is 0 Å². The van der Waals surface area contributed by atoms with Crippen LogP contribution in [0.4, 0.5) is 0 Å². The number of nitrogens with zero attached hydrogens (tertiary/aromatic N) is 1. The standard InChI is InChI=1S/C29H23N/c1-18-20-11-5-4-10-19(20)16-17-21(18)28-26-22-12-6-8-14-24(22)29(2,3)27(26)23-13-7-9-15-25(23)30-28/h4-17H,1-3H3. The van der Waals surface area contributed by atoms with Gasteiger partial charge in [0.25, 0.3) is 0 Å². The molecule has 1 nitrogen and oxygen atoms in total. The average Bonchev–Trinajstić information content (AvgIpc) is 3.02. The largest absolute Gasteiger partial charge is 0.247 e. The van der Waals surface area contributed by atoms with Gasteiger partial charge in [-0.2, -0.15) is 0 Å². The van der Waals surface area contributed by atoms with Gasteiger partial charge in [-0.1, -0.05) is 92.7 Å². The molecule has 6 rings (SSSR count). The zero-order chi connectivity index (χ0) is 20.5. The van der Waals surface area contributed by atoms with Gasteiger partial charge in [0.2, 0.25) is 0 Å². The molecule has 0 fully saturated rings. The second-order valence-corrected chi connectivity index (χ2v) is 8.86. The maximum absolute atomic E-state index is 5.25. The second kappa shape index (κ2) is 6.03. The third kappa shape index (κ3) is 2.21. The van der Waals surface area contributed by atoms with E-state index in [1.807, 2.05) is 0 Å². The Morgan fingerprint density at radius 1 is 0.667 bits per heavy atom. The minimum Gasteiger partial charge on any atom is -0.247 e. The number of hydrogen-bond acceptors (Lipinski definition) is 1. The normalized spacial score (nSPS) is 14.1. The Morgan fingerprint density at radius 2 is 1.37 bits per heavy atom. The molecule has 0 N–H and O–H groups in total. The minimum atomic E-state index is -0.0615. The Bertz CT molecular complexity index is 1470. The molecule has 0 saturated heterocycles. The molecule has 4 aromatic carbocycles. The highest BCUT2D eigenvalue weighted by Gasteiger charge is 2.39. The third-order valence-corrected chi connectivity index (χ3v) is 6.84. The lowest BCUT2D eigenvalue weighted by molar-refractivity contribution is 0.666. The van der Waals surface area contributed by atoms with Crippen molar-refractivity contribution in [1.29, 1.82) is 0 Å². The van der Waals surface area contributed by atoms with Gasteiger partial charge in [-0.05, 0) is 46.0 Å². The van der Waals surface area contributed by atoms with Gasteiger partial charge >= 0.3 is 0 Å². The van der Waals surface area contributed by atoms with E-state index in [9.17, 15) is 0 Å². The smallest absolute Gasteiger partial charge is 0.0794 e. The van der Waals surface area contributed by atoms with Gasteiger partial charge in [0.15, 0.2) is 0 Å². The van der Waals surface area contributed by atoms with Gasteiger partial charge < -0.3 is 0 Å². The van der Waals surface area contributed by atoms with Crippen LogP contribution in [0.2, 0.25) is 0 Å². The van der Waals surface area contributed by atoms with Crippen molar-refractivity contribution >= 4 is 21.7 Å². The van der Waals surface area contributed by atoms with Crippen molar-refractivity contribution in [3.8, 4) is 22.4 Å². The molecule has 1 heterocycles. The molecule has 1 aliphatic rings. The summed E-state index contributed by atoms with van der Waals surface area (Å²) in [4.78, 5) is 5.25. The molecule has 0 aliphatic heterocycles. The zero-order valence-electron chi connectivity index (χ0n) is 17.5. The van der Waals surface area contributed by atoms with Crippen LogP contribution in [0.3, 0.4) is 0 Å². The lowest BCUT2D eigenvalue weighted by atomic mass is 9.80. The quantitative estimate of drug-likeness (QED) is 0.288. The van der Waals surface area contributed by atoms with Crippen molar-refractivity contribution in [3.63, 3.8) is 0 Å². The predicted octanol–water partition coefficient (Wildman–Crippen LogP) is 7.67. The minimum absolute atomic E-state index is 0.0615. The van der Waals surface area contributed by atoms with Gasteiger partial charge in [0.05, 0.1) is 11.2 Å². The third-order valence-electron chi connectivity index (χ3n) is 6.84. The van der Waals surface area contributed by atoms with E-state index in [0.717, 1.165) is 11.2 Å². The Kier molecular flexibility index (Phi) is 3.50. The number of aromatic nitrogens is 1. The molecule has 1 heteroatoms. The summed E-state index contributed by atoms with van der Waals surface area (Å²) in [6, 6.07) is 30.5. The van der Waals surface area contributed by atoms with Crippen molar-refractivity contribution < 1.29 is 0 Å². The number of hydrogen-bond donors (Lipinski definition) is 0. The van der Waals surface area contributed by atoms with Crippen molar-refractivity contribution in [2.75, 3.05) is 0 Å². The fourth-order valence-electron chi connectivity index (χ4n) is 5.38. The molecule has 1 aliphatic carbocycles. The Morgan fingerprint density at radius 3 is 2.23 bits per heavy atom. The molecule has 144 valence electrons. The topological polar surface area (TPSA) is 12.9 Å². The van der Waals surface area contributed by atoms with Crippen LogP contribution in [0.1, 0.15) is 30.5 Å². The molecule has 0 bridgehead atoms. The summed E-state index contributed by atoms with van der Waals surface area (Å²) in [5.41, 5.74) is 10.0. The number of para-hydroxylation sites is 1. The van der Waals surface area contributed by atoms with Crippen LogP contribution < -0.4 is 0 Å². The maximum Gasteiger partial charge on any atom is 0.0794 e. The molecule has 30 heavy (non-hydrogen) atoms. The first-order valence-corrected chi connectivity index (χ1v) is 10.6. The highest BCUT2D eigenvalue weighted by Crippen LogP contribution is 2.54. The van der Waals surface area contributed by atoms with Gasteiger partial charge in [-0.25, -0.2) is 4.98 Å². The van der Waals surface area contributed by atoms with E-state index in [2.05, 4.69) is 106 Å². The molecular weight excluding hydrogens is 362 g/mol. The summed E-state index contributed by atoms with van der Waals surface area (Å²) in [7, 11) is 0. The fraction of sp³-hybridized carbons (Fsp3) is 0.138. The van der Waals surface area contributed by atoms with Gasteiger partial charge in [0.1, 0.15) is 0 Å².